The molecule has 1 fully saturated rings. The van der Waals surface area contributed by atoms with Gasteiger partial charge in [-0.3, -0.25) is 14.5 Å². The zero-order chi connectivity index (χ0) is 20.8. The third-order valence-electron chi connectivity index (χ3n) is 4.92. The molecule has 0 bridgehead atoms. The maximum absolute atomic E-state index is 12.6. The second-order valence-electron chi connectivity index (χ2n) is 7.12. The summed E-state index contributed by atoms with van der Waals surface area (Å²) in [5.74, 6) is -0.438. The standard InChI is InChI=1S/C21H26BrN3O3S/c1-14-4-3-5-16(12-14)17(25-8-10-28-11-9-25)13-23-20(26)15(2)24-21(27)18-6-7-19(22)29-18/h3-7,12,15,17H,8-11,13H2,1-2H3,(H,23,26)(H,24,27). The third kappa shape index (κ3) is 6.12. The van der Waals surface area contributed by atoms with Crippen LogP contribution in [-0.2, 0) is 9.53 Å². The lowest BCUT2D eigenvalue weighted by Crippen LogP contribution is -2.48. The Labute approximate surface area is 183 Å². The summed E-state index contributed by atoms with van der Waals surface area (Å²) in [6.45, 7) is 7.29. The van der Waals surface area contributed by atoms with Crippen LogP contribution >= 0.6 is 27.3 Å². The monoisotopic (exact) mass is 479 g/mol. The number of aryl methyl sites for hydroxylation is 1. The topological polar surface area (TPSA) is 70.7 Å². The third-order valence-corrected chi connectivity index (χ3v) is 6.54. The molecule has 156 valence electrons. The summed E-state index contributed by atoms with van der Waals surface area (Å²) in [5.41, 5.74) is 2.36. The normalized spacial score (nSPS) is 16.8. The van der Waals surface area contributed by atoms with Crippen LogP contribution in [0.25, 0.3) is 0 Å². The maximum Gasteiger partial charge on any atom is 0.262 e. The maximum atomic E-state index is 12.6. The van der Waals surface area contributed by atoms with Gasteiger partial charge in [0.05, 0.1) is 27.9 Å². The molecule has 0 saturated carbocycles. The summed E-state index contributed by atoms with van der Waals surface area (Å²) < 4.78 is 6.36. The molecule has 29 heavy (non-hydrogen) atoms. The Kier molecular flexibility index (Phi) is 7.83. The minimum Gasteiger partial charge on any atom is -0.379 e. The smallest absolute Gasteiger partial charge is 0.262 e. The Balaban J connectivity index is 1.61. The van der Waals surface area contributed by atoms with Crippen LogP contribution in [0.15, 0.2) is 40.2 Å². The highest BCUT2D eigenvalue weighted by molar-refractivity contribution is 9.11. The summed E-state index contributed by atoms with van der Waals surface area (Å²) >= 11 is 4.69. The Morgan fingerprint density at radius 2 is 2.00 bits per heavy atom. The quantitative estimate of drug-likeness (QED) is 0.639. The van der Waals surface area contributed by atoms with E-state index in [0.29, 0.717) is 24.6 Å². The highest BCUT2D eigenvalue weighted by Crippen LogP contribution is 2.23. The number of carbonyl (C=O) groups is 2. The highest BCUT2D eigenvalue weighted by Gasteiger charge is 2.25. The first-order valence-electron chi connectivity index (χ1n) is 9.66. The summed E-state index contributed by atoms with van der Waals surface area (Å²) in [6.07, 6.45) is 0. The van der Waals surface area contributed by atoms with Crippen molar-refractivity contribution < 1.29 is 14.3 Å². The Hall–Kier alpha value is -1.74. The lowest BCUT2D eigenvalue weighted by molar-refractivity contribution is -0.122. The average Bonchev–Trinajstić information content (AvgIpc) is 3.15. The summed E-state index contributed by atoms with van der Waals surface area (Å²) in [6, 6.07) is 11.4. The Morgan fingerprint density at radius 1 is 1.24 bits per heavy atom. The van der Waals surface area contributed by atoms with Crippen LogP contribution in [0.1, 0.15) is 33.8 Å². The van der Waals surface area contributed by atoms with Crippen molar-refractivity contribution in [3.63, 3.8) is 0 Å². The molecule has 1 aliphatic rings. The second kappa shape index (κ2) is 10.3. The van der Waals surface area contributed by atoms with E-state index >= 15 is 0 Å². The fourth-order valence-electron chi connectivity index (χ4n) is 3.34. The first kappa shape index (κ1) is 22.0. The van der Waals surface area contributed by atoms with E-state index in [2.05, 4.69) is 56.6 Å². The Bertz CT molecular complexity index is 851. The van der Waals surface area contributed by atoms with Gasteiger partial charge < -0.3 is 15.4 Å². The number of benzene rings is 1. The van der Waals surface area contributed by atoms with Gasteiger partial charge in [-0.05, 0) is 47.5 Å². The van der Waals surface area contributed by atoms with E-state index in [4.69, 9.17) is 4.74 Å². The van der Waals surface area contributed by atoms with Gasteiger partial charge >= 0.3 is 0 Å². The number of hydrogen-bond acceptors (Lipinski definition) is 5. The van der Waals surface area contributed by atoms with Gasteiger partial charge in [0.15, 0.2) is 0 Å². The van der Waals surface area contributed by atoms with Crippen molar-refractivity contribution in [2.75, 3.05) is 32.8 Å². The molecule has 6 nitrogen and oxygen atoms in total. The van der Waals surface area contributed by atoms with E-state index in [1.807, 2.05) is 12.1 Å². The molecule has 1 aromatic carbocycles. The molecule has 8 heteroatoms. The molecule has 2 amide bonds. The molecular formula is C21H26BrN3O3S. The number of halogens is 1. The molecule has 1 saturated heterocycles. The van der Waals surface area contributed by atoms with Crippen molar-refractivity contribution >= 4 is 39.1 Å². The van der Waals surface area contributed by atoms with Gasteiger partial charge in [0.1, 0.15) is 6.04 Å². The number of rotatable bonds is 7. The summed E-state index contributed by atoms with van der Waals surface area (Å²) in [7, 11) is 0. The molecule has 1 aromatic heterocycles. The van der Waals surface area contributed by atoms with Crippen molar-refractivity contribution in [1.29, 1.82) is 0 Å². The van der Waals surface area contributed by atoms with Crippen LogP contribution in [-0.4, -0.2) is 55.6 Å². The van der Waals surface area contributed by atoms with Gasteiger partial charge in [-0.25, -0.2) is 0 Å². The number of nitrogens with zero attached hydrogens (tertiary/aromatic N) is 1. The van der Waals surface area contributed by atoms with E-state index in [0.717, 1.165) is 16.9 Å². The van der Waals surface area contributed by atoms with Crippen LogP contribution in [0, 0.1) is 6.92 Å². The summed E-state index contributed by atoms with van der Waals surface area (Å²) in [5, 5.41) is 5.78. The molecular weight excluding hydrogens is 454 g/mol. The van der Waals surface area contributed by atoms with E-state index in [-0.39, 0.29) is 17.9 Å². The predicted octanol–water partition coefficient (Wildman–Crippen LogP) is 3.13. The lowest BCUT2D eigenvalue weighted by atomic mass is 10.0. The minimum atomic E-state index is -0.619. The lowest BCUT2D eigenvalue weighted by Gasteiger charge is -2.35. The van der Waals surface area contributed by atoms with Crippen LogP contribution < -0.4 is 10.6 Å². The van der Waals surface area contributed by atoms with Crippen molar-refractivity contribution in [2.24, 2.45) is 0 Å². The predicted molar refractivity (Wildman–Crippen MR) is 118 cm³/mol. The van der Waals surface area contributed by atoms with E-state index in [1.54, 1.807) is 13.0 Å². The van der Waals surface area contributed by atoms with Crippen LogP contribution in [0.3, 0.4) is 0 Å². The number of nitrogens with one attached hydrogen (secondary N) is 2. The van der Waals surface area contributed by atoms with Crippen LogP contribution in [0.5, 0.6) is 0 Å². The first-order chi connectivity index (χ1) is 13.9. The van der Waals surface area contributed by atoms with Gasteiger partial charge in [-0.2, -0.15) is 0 Å². The van der Waals surface area contributed by atoms with Crippen LogP contribution in [0.4, 0.5) is 0 Å². The molecule has 0 spiro atoms. The van der Waals surface area contributed by atoms with Crippen molar-refractivity contribution in [3.05, 3.63) is 56.2 Å². The molecule has 2 unspecified atom stereocenters. The van der Waals surface area contributed by atoms with Crippen molar-refractivity contribution in [2.45, 2.75) is 25.9 Å². The first-order valence-corrected chi connectivity index (χ1v) is 11.3. The summed E-state index contributed by atoms with van der Waals surface area (Å²) in [4.78, 5) is 27.8. The van der Waals surface area contributed by atoms with E-state index in [9.17, 15) is 9.59 Å². The van der Waals surface area contributed by atoms with Gasteiger partial charge in [0.2, 0.25) is 5.91 Å². The highest BCUT2D eigenvalue weighted by atomic mass is 79.9. The number of amides is 2. The van der Waals surface area contributed by atoms with Gasteiger partial charge in [-0.15, -0.1) is 11.3 Å². The van der Waals surface area contributed by atoms with Gasteiger partial charge in [-0.1, -0.05) is 29.8 Å². The minimum absolute atomic E-state index is 0.0684. The Morgan fingerprint density at radius 3 is 2.66 bits per heavy atom. The number of thiophene rings is 1. The molecule has 2 heterocycles. The zero-order valence-electron chi connectivity index (χ0n) is 16.6. The fraction of sp³-hybridized carbons (Fsp3) is 0.429. The molecule has 0 radical (unpaired) electrons. The SMILES string of the molecule is Cc1cccc(C(CNC(=O)C(C)NC(=O)c2ccc(Br)s2)N2CCOCC2)c1. The largest absolute Gasteiger partial charge is 0.379 e. The van der Waals surface area contributed by atoms with Crippen molar-refractivity contribution in [1.82, 2.24) is 15.5 Å². The van der Waals surface area contributed by atoms with E-state index < -0.39 is 6.04 Å². The van der Waals surface area contributed by atoms with Crippen LogP contribution in [0.2, 0.25) is 0 Å². The molecule has 3 rings (SSSR count). The number of ether oxygens (including phenoxy) is 1. The number of hydrogen-bond donors (Lipinski definition) is 2. The molecule has 0 aliphatic carbocycles. The average molecular weight is 480 g/mol. The molecule has 2 N–H and O–H groups in total. The van der Waals surface area contributed by atoms with Gasteiger partial charge in [0, 0.05) is 19.6 Å². The second-order valence-corrected chi connectivity index (χ2v) is 9.59. The zero-order valence-corrected chi connectivity index (χ0v) is 19.0. The molecule has 2 aromatic rings. The molecule has 2 atom stereocenters. The number of carbonyl (C=O) groups excluding carboxylic acids is 2. The fourth-order valence-corrected chi connectivity index (χ4v) is 4.63. The molecule has 1 aliphatic heterocycles. The number of morpholine rings is 1. The van der Waals surface area contributed by atoms with Gasteiger partial charge in [0.25, 0.3) is 5.91 Å². The van der Waals surface area contributed by atoms with E-state index in [1.165, 1.54) is 22.5 Å². The van der Waals surface area contributed by atoms with Crippen molar-refractivity contribution in [3.8, 4) is 0 Å².